The minimum absolute atomic E-state index is 0.0572. The first-order chi connectivity index (χ1) is 8.50. The molecule has 1 rings (SSSR count). The zero-order valence-corrected chi connectivity index (χ0v) is 13.6. The Morgan fingerprint density at radius 1 is 1.33 bits per heavy atom. The van der Waals surface area contributed by atoms with Crippen LogP contribution in [0.4, 0.5) is 0 Å². The summed E-state index contributed by atoms with van der Waals surface area (Å²) in [6.07, 6.45) is 7.45. The van der Waals surface area contributed by atoms with Gasteiger partial charge >= 0.3 is 5.97 Å². The molecule has 0 spiro atoms. The highest BCUT2D eigenvalue weighted by molar-refractivity contribution is 9.09. The molecule has 0 aromatic rings. The minimum atomic E-state index is -0.197. The van der Waals surface area contributed by atoms with Crippen LogP contribution in [0.3, 0.4) is 0 Å². The monoisotopic (exact) mass is 318 g/mol. The summed E-state index contributed by atoms with van der Waals surface area (Å²) >= 11 is 3.39. The maximum absolute atomic E-state index is 12.4. The molecule has 1 aliphatic rings. The summed E-state index contributed by atoms with van der Waals surface area (Å²) in [6, 6.07) is 0. The predicted molar refractivity (Wildman–Crippen MR) is 79.0 cm³/mol. The van der Waals surface area contributed by atoms with Gasteiger partial charge in [0.2, 0.25) is 0 Å². The number of halogens is 1. The Morgan fingerprint density at radius 2 is 2.00 bits per heavy atom. The Kier molecular flexibility index (Phi) is 6.16. The summed E-state index contributed by atoms with van der Waals surface area (Å²) in [4.78, 5) is 12.4. The normalized spacial score (nSPS) is 18.2. The van der Waals surface area contributed by atoms with E-state index >= 15 is 0 Å². The molecule has 0 aliphatic heterocycles. The first kappa shape index (κ1) is 16.0. The zero-order chi connectivity index (χ0) is 13.6. The van der Waals surface area contributed by atoms with Gasteiger partial charge in [0.15, 0.2) is 0 Å². The largest absolute Gasteiger partial charge is 0.465 e. The van der Waals surface area contributed by atoms with Crippen molar-refractivity contribution in [1.29, 1.82) is 0 Å². The van der Waals surface area contributed by atoms with Crippen LogP contribution in [0.25, 0.3) is 0 Å². The van der Waals surface area contributed by atoms with Gasteiger partial charge in [-0.25, -0.2) is 0 Å². The summed E-state index contributed by atoms with van der Waals surface area (Å²) in [6.45, 7) is 7.23. The third kappa shape index (κ3) is 3.28. The first-order valence-corrected chi connectivity index (χ1v) is 8.35. The van der Waals surface area contributed by atoms with E-state index in [1.54, 1.807) is 0 Å². The lowest BCUT2D eigenvalue weighted by molar-refractivity contribution is -0.174. The lowest BCUT2D eigenvalue weighted by Crippen LogP contribution is -2.50. The van der Waals surface area contributed by atoms with Gasteiger partial charge in [0.1, 0.15) is 0 Å². The van der Waals surface area contributed by atoms with Crippen molar-refractivity contribution in [2.24, 2.45) is 10.8 Å². The summed E-state index contributed by atoms with van der Waals surface area (Å²) in [7, 11) is 0. The molecular formula is C15H27BrO2. The summed E-state index contributed by atoms with van der Waals surface area (Å²) in [5, 5.41) is 0.983. The fourth-order valence-electron chi connectivity index (χ4n) is 3.05. The molecule has 0 atom stereocenters. The van der Waals surface area contributed by atoms with Gasteiger partial charge in [0.05, 0.1) is 12.0 Å². The van der Waals surface area contributed by atoms with Gasteiger partial charge in [0.25, 0.3) is 0 Å². The molecule has 0 heterocycles. The number of unbranched alkanes of at least 4 members (excludes halogenated alkanes) is 1. The van der Waals surface area contributed by atoms with Gasteiger partial charge in [0, 0.05) is 5.33 Å². The Bertz CT molecular complexity index is 270. The first-order valence-electron chi connectivity index (χ1n) is 7.23. The standard InChI is InChI=1S/C15H27BrO2/c1-4-8-14(2,3)15(9-7-10-15)13(17)18-12-6-5-11-16/h4-12H2,1-3H3. The van der Waals surface area contributed by atoms with Crippen LogP contribution >= 0.6 is 15.9 Å². The molecule has 1 saturated carbocycles. The van der Waals surface area contributed by atoms with E-state index in [4.69, 9.17) is 4.74 Å². The molecule has 0 N–H and O–H groups in total. The molecule has 0 bridgehead atoms. The molecular weight excluding hydrogens is 292 g/mol. The number of alkyl halides is 1. The molecule has 2 nitrogen and oxygen atoms in total. The van der Waals surface area contributed by atoms with Gasteiger partial charge in [-0.1, -0.05) is 49.5 Å². The van der Waals surface area contributed by atoms with E-state index in [-0.39, 0.29) is 16.8 Å². The fourth-order valence-corrected chi connectivity index (χ4v) is 3.45. The van der Waals surface area contributed by atoms with Gasteiger partial charge in [-0.2, -0.15) is 0 Å². The Balaban J connectivity index is 2.56. The van der Waals surface area contributed by atoms with Crippen LogP contribution in [0.5, 0.6) is 0 Å². The number of carbonyl (C=O) groups excluding carboxylic acids is 1. The number of esters is 1. The second-order valence-electron chi connectivity index (χ2n) is 6.10. The fraction of sp³-hybridized carbons (Fsp3) is 0.933. The summed E-state index contributed by atoms with van der Waals surface area (Å²) in [5.74, 6) is 0.0572. The maximum Gasteiger partial charge on any atom is 0.312 e. The molecule has 0 aromatic carbocycles. The third-order valence-electron chi connectivity index (χ3n) is 4.53. The second kappa shape index (κ2) is 6.93. The molecule has 106 valence electrons. The van der Waals surface area contributed by atoms with Crippen molar-refractivity contribution >= 4 is 21.9 Å². The van der Waals surface area contributed by atoms with E-state index in [0.29, 0.717) is 6.61 Å². The molecule has 0 aromatic heterocycles. The highest BCUT2D eigenvalue weighted by Crippen LogP contribution is 2.56. The van der Waals surface area contributed by atoms with Crippen molar-refractivity contribution in [2.45, 2.75) is 65.7 Å². The maximum atomic E-state index is 12.4. The number of hydrogen-bond donors (Lipinski definition) is 0. The zero-order valence-electron chi connectivity index (χ0n) is 12.1. The van der Waals surface area contributed by atoms with Crippen LogP contribution in [0.1, 0.15) is 65.7 Å². The lowest BCUT2D eigenvalue weighted by Gasteiger charge is -2.50. The van der Waals surface area contributed by atoms with Gasteiger partial charge in [-0.3, -0.25) is 4.79 Å². The van der Waals surface area contributed by atoms with Crippen molar-refractivity contribution in [1.82, 2.24) is 0 Å². The lowest BCUT2D eigenvalue weighted by atomic mass is 9.53. The van der Waals surface area contributed by atoms with Crippen LogP contribution in [0.2, 0.25) is 0 Å². The van der Waals surface area contributed by atoms with Crippen LogP contribution in [0, 0.1) is 10.8 Å². The van der Waals surface area contributed by atoms with Gasteiger partial charge < -0.3 is 4.74 Å². The average Bonchev–Trinajstić information content (AvgIpc) is 2.22. The molecule has 3 heteroatoms. The van der Waals surface area contributed by atoms with Crippen LogP contribution < -0.4 is 0 Å². The molecule has 18 heavy (non-hydrogen) atoms. The number of carbonyl (C=O) groups is 1. The average molecular weight is 319 g/mol. The quantitative estimate of drug-likeness (QED) is 0.368. The van der Waals surface area contributed by atoms with Crippen LogP contribution in [-0.4, -0.2) is 17.9 Å². The number of hydrogen-bond acceptors (Lipinski definition) is 2. The van der Waals surface area contributed by atoms with Crippen molar-refractivity contribution in [3.63, 3.8) is 0 Å². The summed E-state index contributed by atoms with van der Waals surface area (Å²) in [5.41, 5.74) is -0.121. The highest BCUT2D eigenvalue weighted by atomic mass is 79.9. The highest BCUT2D eigenvalue weighted by Gasteiger charge is 2.55. The van der Waals surface area contributed by atoms with E-state index in [1.165, 1.54) is 6.42 Å². The van der Waals surface area contributed by atoms with Crippen LogP contribution in [0.15, 0.2) is 0 Å². The molecule has 1 aliphatic carbocycles. The van der Waals surface area contributed by atoms with Crippen molar-refractivity contribution in [3.8, 4) is 0 Å². The Hall–Kier alpha value is -0.0500. The minimum Gasteiger partial charge on any atom is -0.465 e. The Morgan fingerprint density at radius 3 is 2.44 bits per heavy atom. The van der Waals surface area contributed by atoms with Crippen LogP contribution in [-0.2, 0) is 9.53 Å². The molecule has 0 saturated heterocycles. The molecule has 0 radical (unpaired) electrons. The van der Waals surface area contributed by atoms with Gasteiger partial charge in [-0.05, 0) is 37.5 Å². The van der Waals surface area contributed by atoms with Crippen molar-refractivity contribution < 1.29 is 9.53 Å². The van der Waals surface area contributed by atoms with E-state index in [9.17, 15) is 4.79 Å². The van der Waals surface area contributed by atoms with E-state index in [1.807, 2.05) is 0 Å². The van der Waals surface area contributed by atoms with E-state index < -0.39 is 0 Å². The SMILES string of the molecule is CCCC(C)(C)C1(C(=O)OCCCCBr)CCC1. The predicted octanol–water partition coefficient (Wildman–Crippen LogP) is 4.70. The second-order valence-corrected chi connectivity index (χ2v) is 6.89. The topological polar surface area (TPSA) is 26.3 Å². The number of rotatable bonds is 8. The van der Waals surface area contributed by atoms with Crippen molar-refractivity contribution in [3.05, 3.63) is 0 Å². The Labute approximate surface area is 120 Å². The van der Waals surface area contributed by atoms with Crippen molar-refractivity contribution in [2.75, 3.05) is 11.9 Å². The van der Waals surface area contributed by atoms with E-state index in [0.717, 1.165) is 43.9 Å². The third-order valence-corrected chi connectivity index (χ3v) is 5.09. The smallest absolute Gasteiger partial charge is 0.312 e. The molecule has 0 amide bonds. The van der Waals surface area contributed by atoms with Gasteiger partial charge in [-0.15, -0.1) is 0 Å². The molecule has 1 fully saturated rings. The number of ether oxygens (including phenoxy) is 1. The molecule has 0 unspecified atom stereocenters. The van der Waals surface area contributed by atoms with E-state index in [2.05, 4.69) is 36.7 Å². The summed E-state index contributed by atoms with van der Waals surface area (Å²) < 4.78 is 5.52.